The van der Waals surface area contributed by atoms with Crippen LogP contribution in [0, 0.1) is 12.3 Å². The molecule has 1 spiro atoms. The van der Waals surface area contributed by atoms with Crippen molar-refractivity contribution < 1.29 is 4.21 Å². The summed E-state index contributed by atoms with van der Waals surface area (Å²) >= 11 is 6.44. The van der Waals surface area contributed by atoms with Crippen LogP contribution in [-0.4, -0.2) is 65.6 Å². The summed E-state index contributed by atoms with van der Waals surface area (Å²) in [6.07, 6.45) is 8.44. The van der Waals surface area contributed by atoms with Crippen molar-refractivity contribution in [3.05, 3.63) is 59.2 Å². The van der Waals surface area contributed by atoms with Crippen molar-refractivity contribution in [2.45, 2.75) is 32.6 Å². The second-order valence-electron chi connectivity index (χ2n) is 10.9. The van der Waals surface area contributed by atoms with Crippen LogP contribution in [0.5, 0.6) is 0 Å². The van der Waals surface area contributed by atoms with Crippen molar-refractivity contribution in [3.8, 4) is 0 Å². The zero-order valence-corrected chi connectivity index (χ0v) is 24.8. The number of hydrogen-bond acceptors (Lipinski definition) is 7. The number of likely N-dealkylation sites (tertiary alicyclic amines) is 1. The first kappa shape index (κ1) is 27.7. The minimum absolute atomic E-state index is 0.398. The standard InChI is InChI=1S/C29H38ClN7OS/c1-21-19-22(9-10-25(21)37-17-13-29(14-18-37)11-15-35(2)16-12-29)32-28-31-20-23(30)27(34-28)33-24-7-5-6-8-26(24)36(3)39(4)38/h5-10,19-20H,11-18H2,1-4H3,(H2,31,32,33,34). The number of benzene rings is 2. The molecule has 1 unspecified atom stereocenters. The molecule has 2 aromatic carbocycles. The highest BCUT2D eigenvalue weighted by Crippen LogP contribution is 2.42. The maximum absolute atomic E-state index is 12.1. The van der Waals surface area contributed by atoms with Crippen LogP contribution in [0.2, 0.25) is 5.02 Å². The van der Waals surface area contributed by atoms with Crippen molar-refractivity contribution in [2.24, 2.45) is 5.41 Å². The van der Waals surface area contributed by atoms with Crippen LogP contribution in [0.15, 0.2) is 48.7 Å². The Balaban J connectivity index is 1.27. The topological polar surface area (TPSA) is 76.6 Å². The molecule has 0 saturated carbocycles. The van der Waals surface area contributed by atoms with Gasteiger partial charge in [-0.1, -0.05) is 23.7 Å². The molecule has 2 saturated heterocycles. The molecule has 2 N–H and O–H groups in total. The van der Waals surface area contributed by atoms with Crippen molar-refractivity contribution in [3.63, 3.8) is 0 Å². The molecular formula is C29H38ClN7OS. The lowest BCUT2D eigenvalue weighted by atomic mass is 9.71. The van der Waals surface area contributed by atoms with Crippen molar-refractivity contribution >= 4 is 57.1 Å². The highest BCUT2D eigenvalue weighted by Gasteiger charge is 2.37. The van der Waals surface area contributed by atoms with Crippen LogP contribution in [0.1, 0.15) is 31.2 Å². The van der Waals surface area contributed by atoms with Gasteiger partial charge in [-0.3, -0.25) is 4.31 Å². The van der Waals surface area contributed by atoms with E-state index in [4.69, 9.17) is 11.6 Å². The second-order valence-corrected chi connectivity index (χ2v) is 12.7. The molecule has 0 radical (unpaired) electrons. The van der Waals surface area contributed by atoms with Crippen LogP contribution < -0.4 is 19.8 Å². The zero-order valence-electron chi connectivity index (χ0n) is 23.2. The Hall–Kier alpha value is -2.88. The van der Waals surface area contributed by atoms with Gasteiger partial charge in [0.2, 0.25) is 5.95 Å². The van der Waals surface area contributed by atoms with Gasteiger partial charge in [0.25, 0.3) is 0 Å². The van der Waals surface area contributed by atoms with Crippen LogP contribution in [0.3, 0.4) is 0 Å². The number of hydrogen-bond donors (Lipinski definition) is 2. The van der Waals surface area contributed by atoms with Gasteiger partial charge in [-0.15, -0.1) is 0 Å². The van der Waals surface area contributed by atoms with Gasteiger partial charge in [0, 0.05) is 37.8 Å². The Labute approximate surface area is 239 Å². The molecule has 2 aliphatic heterocycles. The van der Waals surface area contributed by atoms with Gasteiger partial charge in [0.05, 0.1) is 17.6 Å². The Morgan fingerprint density at radius 3 is 2.41 bits per heavy atom. The number of anilines is 6. The third kappa shape index (κ3) is 6.31. The SMILES string of the molecule is Cc1cc(Nc2ncc(Cl)c(Nc3ccccc3N(C)S(C)=O)n2)ccc1N1CCC2(CCN(C)CC2)CC1. The molecule has 1 aromatic heterocycles. The molecule has 0 amide bonds. The van der Waals surface area contributed by atoms with Crippen molar-refractivity contribution in [1.82, 2.24) is 14.9 Å². The Bertz CT molecular complexity index is 1330. The molecule has 2 aliphatic rings. The van der Waals surface area contributed by atoms with E-state index in [2.05, 4.69) is 62.6 Å². The molecule has 3 heterocycles. The smallest absolute Gasteiger partial charge is 0.229 e. The lowest BCUT2D eigenvalue weighted by Gasteiger charge is -2.47. The molecule has 0 aliphatic carbocycles. The summed E-state index contributed by atoms with van der Waals surface area (Å²) in [6.45, 7) is 6.87. The van der Waals surface area contributed by atoms with E-state index in [1.54, 1.807) is 23.8 Å². The number of halogens is 1. The Kier molecular flexibility index (Phi) is 8.30. The third-order valence-corrected chi connectivity index (χ3v) is 9.54. The lowest BCUT2D eigenvalue weighted by Crippen LogP contribution is -2.46. The molecule has 0 bridgehead atoms. The number of aromatic nitrogens is 2. The Morgan fingerprint density at radius 2 is 1.72 bits per heavy atom. The maximum Gasteiger partial charge on any atom is 0.229 e. The minimum Gasteiger partial charge on any atom is -0.371 e. The number of nitrogens with zero attached hydrogens (tertiary/aromatic N) is 5. The number of piperidine rings is 2. The van der Waals surface area contributed by atoms with E-state index in [1.165, 1.54) is 50.0 Å². The maximum atomic E-state index is 12.1. The van der Waals surface area contributed by atoms with Gasteiger partial charge in [-0.2, -0.15) is 4.98 Å². The van der Waals surface area contributed by atoms with Crippen LogP contribution in [-0.2, 0) is 11.0 Å². The summed E-state index contributed by atoms with van der Waals surface area (Å²) in [7, 11) is 2.86. The van der Waals surface area contributed by atoms with E-state index in [9.17, 15) is 4.21 Å². The van der Waals surface area contributed by atoms with Gasteiger partial charge in [-0.05, 0) is 94.1 Å². The third-order valence-electron chi connectivity index (χ3n) is 8.29. The van der Waals surface area contributed by atoms with Crippen molar-refractivity contribution in [1.29, 1.82) is 0 Å². The first-order chi connectivity index (χ1) is 18.7. The quantitative estimate of drug-likeness (QED) is 0.364. The number of para-hydroxylation sites is 2. The Morgan fingerprint density at radius 1 is 1.03 bits per heavy atom. The molecule has 5 rings (SSSR count). The number of aryl methyl sites for hydroxylation is 1. The highest BCUT2D eigenvalue weighted by atomic mass is 35.5. The zero-order chi connectivity index (χ0) is 27.6. The summed E-state index contributed by atoms with van der Waals surface area (Å²) in [5.41, 5.74) is 5.54. The fourth-order valence-corrected chi connectivity index (χ4v) is 6.24. The van der Waals surface area contributed by atoms with Crippen molar-refractivity contribution in [2.75, 3.05) is 66.4 Å². The highest BCUT2D eigenvalue weighted by molar-refractivity contribution is 7.85. The number of nitrogens with one attached hydrogen (secondary N) is 2. The van der Waals surface area contributed by atoms with E-state index in [0.717, 1.165) is 30.2 Å². The summed E-state index contributed by atoms with van der Waals surface area (Å²) in [6, 6.07) is 14.1. The fraction of sp³-hybridized carbons (Fsp3) is 0.448. The van der Waals surface area contributed by atoms with E-state index < -0.39 is 11.0 Å². The second kappa shape index (κ2) is 11.7. The minimum atomic E-state index is -1.17. The van der Waals surface area contributed by atoms with Crippen LogP contribution in [0.4, 0.5) is 34.5 Å². The van der Waals surface area contributed by atoms with Gasteiger partial charge in [0.1, 0.15) is 16.0 Å². The first-order valence-corrected chi connectivity index (χ1v) is 15.4. The van der Waals surface area contributed by atoms with Crippen LogP contribution in [0.25, 0.3) is 0 Å². The first-order valence-electron chi connectivity index (χ1n) is 13.5. The van der Waals surface area contributed by atoms with E-state index in [1.807, 2.05) is 24.3 Å². The molecule has 3 aromatic rings. The summed E-state index contributed by atoms with van der Waals surface area (Å²) < 4.78 is 13.7. The van der Waals surface area contributed by atoms with Crippen LogP contribution >= 0.6 is 11.6 Å². The monoisotopic (exact) mass is 567 g/mol. The van der Waals surface area contributed by atoms with E-state index in [0.29, 0.717) is 22.2 Å². The number of rotatable bonds is 7. The normalized spacial score (nSPS) is 18.1. The molecule has 2 fully saturated rings. The lowest BCUT2D eigenvalue weighted by molar-refractivity contribution is 0.0944. The summed E-state index contributed by atoms with van der Waals surface area (Å²) in [5, 5.41) is 7.01. The van der Waals surface area contributed by atoms with Gasteiger partial charge < -0.3 is 20.4 Å². The molecule has 1 atom stereocenters. The summed E-state index contributed by atoms with van der Waals surface area (Å²) in [5.74, 6) is 0.919. The molecule has 8 nitrogen and oxygen atoms in total. The van der Waals surface area contributed by atoms with Gasteiger partial charge >= 0.3 is 0 Å². The van der Waals surface area contributed by atoms with Gasteiger partial charge in [0.15, 0.2) is 5.82 Å². The predicted octanol–water partition coefficient (Wildman–Crippen LogP) is 5.97. The average molecular weight is 568 g/mol. The fourth-order valence-electron chi connectivity index (χ4n) is 5.67. The molecular weight excluding hydrogens is 530 g/mol. The average Bonchev–Trinajstić information content (AvgIpc) is 2.93. The molecule has 208 valence electrons. The van der Waals surface area contributed by atoms with E-state index >= 15 is 0 Å². The van der Waals surface area contributed by atoms with E-state index in [-0.39, 0.29) is 0 Å². The largest absolute Gasteiger partial charge is 0.371 e. The molecule has 39 heavy (non-hydrogen) atoms. The predicted molar refractivity (Wildman–Crippen MR) is 164 cm³/mol. The summed E-state index contributed by atoms with van der Waals surface area (Å²) in [4.78, 5) is 14.0. The molecule has 10 heteroatoms. The van der Waals surface area contributed by atoms with Gasteiger partial charge in [-0.25, -0.2) is 9.19 Å².